The van der Waals surface area contributed by atoms with Crippen LogP contribution in [0.3, 0.4) is 0 Å². The minimum atomic E-state index is -0.881. The molecule has 0 radical (unpaired) electrons. The molecule has 1 saturated heterocycles. The summed E-state index contributed by atoms with van der Waals surface area (Å²) in [5.41, 5.74) is -0.881. The molecule has 2 rings (SSSR count). The van der Waals surface area contributed by atoms with Crippen LogP contribution >= 0.6 is 0 Å². The summed E-state index contributed by atoms with van der Waals surface area (Å²) in [5.74, 6) is 0.482. The number of carbonyl (C=O) groups is 2. The zero-order chi connectivity index (χ0) is 14.2. The first-order valence-corrected chi connectivity index (χ1v) is 6.36. The highest BCUT2D eigenvalue weighted by Gasteiger charge is 2.41. The van der Waals surface area contributed by atoms with Crippen molar-refractivity contribution < 1.29 is 9.59 Å². The molecule has 19 heavy (non-hydrogen) atoms. The lowest BCUT2D eigenvalue weighted by Gasteiger charge is -2.40. The molecule has 1 aromatic rings. The van der Waals surface area contributed by atoms with Crippen molar-refractivity contribution >= 4 is 11.8 Å². The second kappa shape index (κ2) is 4.64. The Bertz CT molecular complexity index is 506. The third kappa shape index (κ3) is 2.32. The van der Waals surface area contributed by atoms with Crippen LogP contribution in [-0.2, 0) is 4.79 Å². The first-order chi connectivity index (χ1) is 8.84. The van der Waals surface area contributed by atoms with Crippen LogP contribution in [0.25, 0.3) is 0 Å². The standard InChI is InChI=1S/C12H19N5O2/c1-7(2)8-14-9(16-15-8)10(18)17-6-5-13-11(19)12(17,3)4/h7H,5-6H2,1-4H3,(H,13,19)(H,14,15,16). The molecule has 0 saturated carbocycles. The second-order valence-corrected chi connectivity index (χ2v) is 5.47. The summed E-state index contributed by atoms with van der Waals surface area (Å²) in [5, 5.41) is 9.45. The zero-order valence-corrected chi connectivity index (χ0v) is 11.6. The van der Waals surface area contributed by atoms with Crippen molar-refractivity contribution in [3.8, 4) is 0 Å². The fourth-order valence-electron chi connectivity index (χ4n) is 2.00. The summed E-state index contributed by atoms with van der Waals surface area (Å²) < 4.78 is 0. The number of aromatic nitrogens is 3. The SMILES string of the molecule is CC(C)c1nc(C(=O)N2CCNC(=O)C2(C)C)n[nH]1. The molecular formula is C12H19N5O2. The van der Waals surface area contributed by atoms with Gasteiger partial charge in [0, 0.05) is 19.0 Å². The molecule has 0 bridgehead atoms. The van der Waals surface area contributed by atoms with Gasteiger partial charge in [0.15, 0.2) is 0 Å². The highest BCUT2D eigenvalue weighted by Crippen LogP contribution is 2.20. The Morgan fingerprint density at radius 3 is 2.68 bits per heavy atom. The number of piperazine rings is 1. The van der Waals surface area contributed by atoms with E-state index in [-0.39, 0.29) is 23.6 Å². The molecule has 1 aliphatic rings. The van der Waals surface area contributed by atoms with E-state index in [9.17, 15) is 9.59 Å². The van der Waals surface area contributed by atoms with E-state index in [1.807, 2.05) is 13.8 Å². The van der Waals surface area contributed by atoms with Crippen LogP contribution in [0.15, 0.2) is 0 Å². The summed E-state index contributed by atoms with van der Waals surface area (Å²) in [6.07, 6.45) is 0. The Balaban J connectivity index is 2.25. The first kappa shape index (κ1) is 13.5. The van der Waals surface area contributed by atoms with Crippen LogP contribution in [0.2, 0.25) is 0 Å². The van der Waals surface area contributed by atoms with Crippen LogP contribution in [0.5, 0.6) is 0 Å². The maximum Gasteiger partial charge on any atom is 0.294 e. The van der Waals surface area contributed by atoms with Gasteiger partial charge in [-0.1, -0.05) is 13.8 Å². The number of amides is 2. The van der Waals surface area contributed by atoms with Gasteiger partial charge in [-0.15, -0.1) is 5.10 Å². The largest absolute Gasteiger partial charge is 0.352 e. The molecule has 1 fully saturated rings. The Kier molecular flexibility index (Phi) is 3.30. The molecule has 7 heteroatoms. The maximum atomic E-state index is 12.4. The van der Waals surface area contributed by atoms with Gasteiger partial charge in [-0.2, -0.15) is 0 Å². The van der Waals surface area contributed by atoms with Gasteiger partial charge in [0.25, 0.3) is 5.91 Å². The number of nitrogens with zero attached hydrogens (tertiary/aromatic N) is 3. The van der Waals surface area contributed by atoms with Gasteiger partial charge in [0.2, 0.25) is 11.7 Å². The summed E-state index contributed by atoms with van der Waals surface area (Å²) in [6, 6.07) is 0. The molecule has 104 valence electrons. The van der Waals surface area contributed by atoms with Gasteiger partial charge < -0.3 is 10.2 Å². The van der Waals surface area contributed by atoms with Crippen LogP contribution < -0.4 is 5.32 Å². The van der Waals surface area contributed by atoms with E-state index < -0.39 is 5.54 Å². The highest BCUT2D eigenvalue weighted by molar-refractivity contribution is 5.97. The summed E-state index contributed by atoms with van der Waals surface area (Å²) in [7, 11) is 0. The average Bonchev–Trinajstić information content (AvgIpc) is 2.81. The Morgan fingerprint density at radius 1 is 1.42 bits per heavy atom. The third-order valence-electron chi connectivity index (χ3n) is 3.34. The lowest BCUT2D eigenvalue weighted by atomic mass is 9.99. The number of hydrogen-bond acceptors (Lipinski definition) is 4. The van der Waals surface area contributed by atoms with E-state index in [1.165, 1.54) is 4.90 Å². The second-order valence-electron chi connectivity index (χ2n) is 5.47. The molecular weight excluding hydrogens is 246 g/mol. The van der Waals surface area contributed by atoms with E-state index in [0.29, 0.717) is 18.9 Å². The van der Waals surface area contributed by atoms with Crippen LogP contribution in [0, 0.1) is 0 Å². The summed E-state index contributed by atoms with van der Waals surface area (Å²) in [6.45, 7) is 8.28. The van der Waals surface area contributed by atoms with Crippen molar-refractivity contribution in [1.82, 2.24) is 25.4 Å². The van der Waals surface area contributed by atoms with E-state index >= 15 is 0 Å². The topological polar surface area (TPSA) is 91.0 Å². The van der Waals surface area contributed by atoms with Crippen LogP contribution in [0.1, 0.15) is 50.1 Å². The zero-order valence-electron chi connectivity index (χ0n) is 11.6. The van der Waals surface area contributed by atoms with Crippen molar-refractivity contribution in [1.29, 1.82) is 0 Å². The predicted molar refractivity (Wildman–Crippen MR) is 68.6 cm³/mol. The molecule has 2 N–H and O–H groups in total. The van der Waals surface area contributed by atoms with Gasteiger partial charge >= 0.3 is 0 Å². The van der Waals surface area contributed by atoms with Gasteiger partial charge in [-0.25, -0.2) is 4.98 Å². The number of rotatable bonds is 2. The molecule has 0 unspecified atom stereocenters. The number of aromatic amines is 1. The van der Waals surface area contributed by atoms with Crippen LogP contribution in [0.4, 0.5) is 0 Å². The van der Waals surface area contributed by atoms with Crippen molar-refractivity contribution in [2.75, 3.05) is 13.1 Å². The first-order valence-electron chi connectivity index (χ1n) is 6.36. The normalized spacial score (nSPS) is 18.6. The highest BCUT2D eigenvalue weighted by atomic mass is 16.2. The lowest BCUT2D eigenvalue weighted by Crippen LogP contribution is -2.63. The quantitative estimate of drug-likeness (QED) is 0.803. The molecule has 0 aliphatic carbocycles. The molecule has 1 aliphatic heterocycles. The van der Waals surface area contributed by atoms with E-state index in [4.69, 9.17) is 0 Å². The fraction of sp³-hybridized carbons (Fsp3) is 0.667. The van der Waals surface area contributed by atoms with E-state index in [1.54, 1.807) is 13.8 Å². The lowest BCUT2D eigenvalue weighted by molar-refractivity contribution is -0.133. The van der Waals surface area contributed by atoms with Gasteiger partial charge in [0.1, 0.15) is 11.4 Å². The minimum Gasteiger partial charge on any atom is -0.352 e. The van der Waals surface area contributed by atoms with E-state index in [2.05, 4.69) is 20.5 Å². The molecule has 1 aromatic heterocycles. The molecule has 2 amide bonds. The molecule has 0 atom stereocenters. The molecule has 7 nitrogen and oxygen atoms in total. The minimum absolute atomic E-state index is 0.117. The summed E-state index contributed by atoms with van der Waals surface area (Å²) >= 11 is 0. The molecule has 0 spiro atoms. The number of hydrogen-bond donors (Lipinski definition) is 2. The van der Waals surface area contributed by atoms with Crippen molar-refractivity contribution in [3.63, 3.8) is 0 Å². The number of carbonyl (C=O) groups excluding carboxylic acids is 2. The average molecular weight is 265 g/mol. The van der Waals surface area contributed by atoms with E-state index in [0.717, 1.165) is 0 Å². The molecule has 0 aromatic carbocycles. The van der Waals surface area contributed by atoms with Crippen molar-refractivity contribution in [2.45, 2.75) is 39.2 Å². The smallest absolute Gasteiger partial charge is 0.294 e. The fourth-order valence-corrected chi connectivity index (χ4v) is 2.00. The monoisotopic (exact) mass is 265 g/mol. The summed E-state index contributed by atoms with van der Waals surface area (Å²) in [4.78, 5) is 29.9. The Morgan fingerprint density at radius 2 is 2.11 bits per heavy atom. The van der Waals surface area contributed by atoms with Gasteiger partial charge in [-0.05, 0) is 13.8 Å². The van der Waals surface area contributed by atoms with Gasteiger partial charge in [-0.3, -0.25) is 14.7 Å². The number of H-pyrrole nitrogens is 1. The Labute approximate surface area is 111 Å². The maximum absolute atomic E-state index is 12.4. The van der Waals surface area contributed by atoms with Crippen LogP contribution in [-0.4, -0.2) is 50.5 Å². The van der Waals surface area contributed by atoms with Gasteiger partial charge in [0.05, 0.1) is 0 Å². The van der Waals surface area contributed by atoms with Crippen molar-refractivity contribution in [3.05, 3.63) is 11.6 Å². The van der Waals surface area contributed by atoms with Crippen molar-refractivity contribution in [2.24, 2.45) is 0 Å². The number of nitrogens with one attached hydrogen (secondary N) is 2. The predicted octanol–water partition coefficient (Wildman–Crippen LogP) is 0.279. The third-order valence-corrected chi connectivity index (χ3v) is 3.34. The molecule has 2 heterocycles. The Hall–Kier alpha value is -1.92.